The Hall–Kier alpha value is -0.550. The Morgan fingerprint density at radius 2 is 2.00 bits per heavy atom. The van der Waals surface area contributed by atoms with Crippen LogP contribution in [0.1, 0.15) is 0 Å². The molecule has 0 unspecified atom stereocenters. The molecule has 0 bridgehead atoms. The van der Waals surface area contributed by atoms with Gasteiger partial charge in [-0.05, 0) is 28.1 Å². The predicted molar refractivity (Wildman–Crippen MR) is 62.3 cm³/mol. The SMILES string of the molecule is CS(=O)(=O)CCNc1ccccc1Br. The van der Waals surface area contributed by atoms with Gasteiger partial charge in [0.15, 0.2) is 0 Å². The average Bonchev–Trinajstić information content (AvgIpc) is 2.06. The van der Waals surface area contributed by atoms with Crippen molar-refractivity contribution < 1.29 is 8.42 Å². The molecular weight excluding hydrogens is 266 g/mol. The van der Waals surface area contributed by atoms with Gasteiger partial charge >= 0.3 is 0 Å². The van der Waals surface area contributed by atoms with Gasteiger partial charge in [-0.2, -0.15) is 0 Å². The van der Waals surface area contributed by atoms with Gasteiger partial charge in [-0.1, -0.05) is 12.1 Å². The van der Waals surface area contributed by atoms with E-state index in [4.69, 9.17) is 0 Å². The van der Waals surface area contributed by atoms with Gasteiger partial charge in [0.25, 0.3) is 0 Å². The Balaban J connectivity index is 2.51. The molecule has 1 N–H and O–H groups in total. The monoisotopic (exact) mass is 277 g/mol. The van der Waals surface area contributed by atoms with Crippen molar-refractivity contribution in [3.63, 3.8) is 0 Å². The van der Waals surface area contributed by atoms with E-state index in [1.165, 1.54) is 6.26 Å². The average molecular weight is 278 g/mol. The number of nitrogens with one attached hydrogen (secondary N) is 1. The molecule has 0 heterocycles. The molecule has 0 saturated carbocycles. The lowest BCUT2D eigenvalue weighted by molar-refractivity contribution is 0.602. The van der Waals surface area contributed by atoms with E-state index in [9.17, 15) is 8.42 Å². The fourth-order valence-electron chi connectivity index (χ4n) is 0.976. The summed E-state index contributed by atoms with van der Waals surface area (Å²) in [6, 6.07) is 7.61. The standard InChI is InChI=1S/C9H12BrNO2S/c1-14(12,13)7-6-11-9-5-3-2-4-8(9)10/h2-5,11H,6-7H2,1H3. The van der Waals surface area contributed by atoms with E-state index >= 15 is 0 Å². The number of benzene rings is 1. The van der Waals surface area contributed by atoms with E-state index in [1.54, 1.807) is 0 Å². The Morgan fingerprint density at radius 3 is 2.57 bits per heavy atom. The van der Waals surface area contributed by atoms with Crippen LogP contribution in [0.5, 0.6) is 0 Å². The third-order valence-electron chi connectivity index (χ3n) is 1.66. The van der Waals surface area contributed by atoms with E-state index < -0.39 is 9.84 Å². The van der Waals surface area contributed by atoms with Crippen molar-refractivity contribution in [2.75, 3.05) is 23.9 Å². The van der Waals surface area contributed by atoms with E-state index in [-0.39, 0.29) is 5.75 Å². The first kappa shape index (κ1) is 11.5. The molecule has 3 nitrogen and oxygen atoms in total. The number of sulfone groups is 1. The fraction of sp³-hybridized carbons (Fsp3) is 0.333. The number of hydrogen-bond acceptors (Lipinski definition) is 3. The molecule has 0 fully saturated rings. The van der Waals surface area contributed by atoms with Crippen LogP contribution in [-0.2, 0) is 9.84 Å². The molecule has 0 atom stereocenters. The molecule has 0 saturated heterocycles. The first-order chi connectivity index (χ1) is 6.49. The van der Waals surface area contributed by atoms with Crippen LogP contribution in [0, 0.1) is 0 Å². The van der Waals surface area contributed by atoms with Gasteiger partial charge in [-0.15, -0.1) is 0 Å². The van der Waals surface area contributed by atoms with Crippen molar-refractivity contribution in [2.45, 2.75) is 0 Å². The van der Waals surface area contributed by atoms with Crippen molar-refractivity contribution >= 4 is 31.5 Å². The predicted octanol–water partition coefficient (Wildman–Crippen LogP) is 1.91. The van der Waals surface area contributed by atoms with Crippen LogP contribution in [0.3, 0.4) is 0 Å². The summed E-state index contributed by atoms with van der Waals surface area (Å²) in [6.07, 6.45) is 1.23. The summed E-state index contributed by atoms with van der Waals surface area (Å²) in [5, 5.41) is 3.04. The van der Waals surface area contributed by atoms with Gasteiger partial charge in [0.2, 0.25) is 0 Å². The zero-order chi connectivity index (χ0) is 10.6. The van der Waals surface area contributed by atoms with Crippen molar-refractivity contribution in [3.8, 4) is 0 Å². The van der Waals surface area contributed by atoms with Crippen LogP contribution in [0.2, 0.25) is 0 Å². The summed E-state index contributed by atoms with van der Waals surface area (Å²) in [4.78, 5) is 0. The molecule has 0 aromatic heterocycles. The summed E-state index contributed by atoms with van der Waals surface area (Å²) >= 11 is 3.36. The zero-order valence-electron chi connectivity index (χ0n) is 7.83. The van der Waals surface area contributed by atoms with Crippen LogP contribution in [0.15, 0.2) is 28.7 Å². The number of halogens is 1. The minimum atomic E-state index is -2.88. The lowest BCUT2D eigenvalue weighted by Crippen LogP contribution is -2.14. The molecule has 1 aromatic rings. The van der Waals surface area contributed by atoms with Gasteiger partial charge in [-0.3, -0.25) is 0 Å². The maximum Gasteiger partial charge on any atom is 0.149 e. The second-order valence-electron chi connectivity index (χ2n) is 3.04. The third-order valence-corrected chi connectivity index (χ3v) is 3.30. The van der Waals surface area contributed by atoms with Crippen molar-refractivity contribution in [1.82, 2.24) is 0 Å². The quantitative estimate of drug-likeness (QED) is 0.915. The maximum absolute atomic E-state index is 10.9. The summed E-state index contributed by atoms with van der Waals surface area (Å²) < 4.78 is 22.6. The summed E-state index contributed by atoms with van der Waals surface area (Å²) in [5.41, 5.74) is 0.913. The molecule has 0 spiro atoms. The molecule has 0 aliphatic rings. The first-order valence-corrected chi connectivity index (χ1v) is 7.00. The molecule has 0 aliphatic heterocycles. The Labute approximate surface area is 92.6 Å². The molecular formula is C9H12BrNO2S. The number of rotatable bonds is 4. The van der Waals surface area contributed by atoms with Crippen molar-refractivity contribution in [1.29, 1.82) is 0 Å². The summed E-state index contributed by atoms with van der Waals surface area (Å²) in [6.45, 7) is 0.432. The van der Waals surface area contributed by atoms with Gasteiger partial charge < -0.3 is 5.32 Å². The highest BCUT2D eigenvalue weighted by Crippen LogP contribution is 2.20. The lowest BCUT2D eigenvalue weighted by Gasteiger charge is -2.06. The highest BCUT2D eigenvalue weighted by atomic mass is 79.9. The topological polar surface area (TPSA) is 46.2 Å². The molecule has 1 aromatic carbocycles. The van der Waals surface area contributed by atoms with E-state index in [0.29, 0.717) is 6.54 Å². The van der Waals surface area contributed by atoms with Crippen LogP contribution < -0.4 is 5.32 Å². The molecule has 1 rings (SSSR count). The summed E-state index contributed by atoms with van der Waals surface area (Å²) in [7, 11) is -2.88. The molecule has 78 valence electrons. The summed E-state index contributed by atoms with van der Waals surface area (Å²) in [5.74, 6) is 0.147. The third kappa shape index (κ3) is 4.11. The van der Waals surface area contributed by atoms with E-state index in [2.05, 4.69) is 21.2 Å². The number of para-hydroxylation sites is 1. The van der Waals surface area contributed by atoms with Crippen LogP contribution in [-0.4, -0.2) is 27.0 Å². The van der Waals surface area contributed by atoms with Crippen molar-refractivity contribution in [2.24, 2.45) is 0 Å². The Kier molecular flexibility index (Phi) is 3.95. The largest absolute Gasteiger partial charge is 0.383 e. The van der Waals surface area contributed by atoms with Crippen LogP contribution in [0.25, 0.3) is 0 Å². The van der Waals surface area contributed by atoms with E-state index in [1.807, 2.05) is 24.3 Å². The van der Waals surface area contributed by atoms with Gasteiger partial charge in [-0.25, -0.2) is 8.42 Å². The van der Waals surface area contributed by atoms with Crippen molar-refractivity contribution in [3.05, 3.63) is 28.7 Å². The first-order valence-electron chi connectivity index (χ1n) is 4.15. The van der Waals surface area contributed by atoms with Crippen LogP contribution in [0.4, 0.5) is 5.69 Å². The molecule has 0 radical (unpaired) electrons. The smallest absolute Gasteiger partial charge is 0.149 e. The minimum absolute atomic E-state index is 0.147. The molecule has 0 amide bonds. The van der Waals surface area contributed by atoms with Gasteiger partial charge in [0.1, 0.15) is 9.84 Å². The van der Waals surface area contributed by atoms with Gasteiger partial charge in [0.05, 0.1) is 5.75 Å². The Morgan fingerprint density at radius 1 is 1.36 bits per heavy atom. The van der Waals surface area contributed by atoms with Crippen LogP contribution >= 0.6 is 15.9 Å². The Bertz CT molecular complexity index is 403. The number of anilines is 1. The van der Waals surface area contributed by atoms with Gasteiger partial charge in [0, 0.05) is 23.0 Å². The zero-order valence-corrected chi connectivity index (χ0v) is 10.2. The lowest BCUT2D eigenvalue weighted by atomic mass is 10.3. The second kappa shape index (κ2) is 4.79. The normalized spacial score (nSPS) is 11.3. The fourth-order valence-corrected chi connectivity index (χ4v) is 1.87. The highest BCUT2D eigenvalue weighted by molar-refractivity contribution is 9.10. The molecule has 5 heteroatoms. The maximum atomic E-state index is 10.9. The second-order valence-corrected chi connectivity index (χ2v) is 6.15. The molecule has 0 aliphatic carbocycles. The van der Waals surface area contributed by atoms with E-state index in [0.717, 1.165) is 10.2 Å². The highest BCUT2D eigenvalue weighted by Gasteiger charge is 2.02. The number of hydrogen-bond donors (Lipinski definition) is 1. The molecule has 14 heavy (non-hydrogen) atoms. The minimum Gasteiger partial charge on any atom is -0.383 e.